The van der Waals surface area contributed by atoms with Crippen LogP contribution in [0.4, 0.5) is 0 Å². The molecule has 1 fully saturated rings. The molecule has 0 aromatic carbocycles. The van der Waals surface area contributed by atoms with E-state index in [1.54, 1.807) is 13.0 Å². The van der Waals surface area contributed by atoms with Gasteiger partial charge in [-0.2, -0.15) is 0 Å². The molecule has 2 rings (SSSR count). The molecule has 0 saturated heterocycles. The van der Waals surface area contributed by atoms with Gasteiger partial charge < -0.3 is 9.63 Å². The monoisotopic (exact) mass is 302 g/mol. The van der Waals surface area contributed by atoms with Crippen molar-refractivity contribution in [3.05, 3.63) is 17.5 Å². The number of carbonyl (C=O) groups is 1. The average Bonchev–Trinajstić information content (AvgIpc) is 2.73. The summed E-state index contributed by atoms with van der Waals surface area (Å²) in [5.74, 6) is -0.807. The van der Waals surface area contributed by atoms with E-state index in [0.717, 1.165) is 0 Å². The molecule has 1 aromatic rings. The first kappa shape index (κ1) is 15.0. The fraction of sp³-hybridized carbons (Fsp3) is 0.667. The summed E-state index contributed by atoms with van der Waals surface area (Å²) in [6.07, 6.45) is 2.11. The predicted octanol–water partition coefficient (Wildman–Crippen LogP) is 1.05. The highest BCUT2D eigenvalue weighted by Gasteiger charge is 2.28. The summed E-state index contributed by atoms with van der Waals surface area (Å²) in [6.45, 7) is 1.70. The van der Waals surface area contributed by atoms with Crippen LogP contribution in [0.15, 0.2) is 10.6 Å². The number of hydrogen-bond donors (Lipinski definition) is 2. The minimum Gasteiger partial charge on any atom is -0.481 e. The van der Waals surface area contributed by atoms with Crippen molar-refractivity contribution in [1.29, 1.82) is 0 Å². The van der Waals surface area contributed by atoms with Gasteiger partial charge in [0.2, 0.25) is 10.0 Å². The normalized spacial score (nSPS) is 23.6. The zero-order valence-electron chi connectivity index (χ0n) is 11.2. The Morgan fingerprint density at radius 2 is 2.10 bits per heavy atom. The van der Waals surface area contributed by atoms with Crippen LogP contribution < -0.4 is 4.72 Å². The van der Waals surface area contributed by atoms with E-state index in [1.807, 2.05) is 0 Å². The molecule has 0 spiro atoms. The summed E-state index contributed by atoms with van der Waals surface area (Å²) in [5, 5.41) is 12.6. The van der Waals surface area contributed by atoms with Gasteiger partial charge in [-0.15, -0.1) is 0 Å². The fourth-order valence-corrected chi connectivity index (χ4v) is 3.79. The quantitative estimate of drug-likeness (QED) is 0.841. The molecule has 8 heteroatoms. The highest BCUT2D eigenvalue weighted by molar-refractivity contribution is 7.88. The molecule has 1 heterocycles. The maximum Gasteiger partial charge on any atom is 0.306 e. The molecule has 0 aliphatic heterocycles. The first-order valence-corrected chi connectivity index (χ1v) is 8.16. The lowest BCUT2D eigenvalue weighted by molar-refractivity contribution is -0.142. The molecule has 0 atom stereocenters. The van der Waals surface area contributed by atoms with Gasteiger partial charge >= 0.3 is 5.97 Å². The van der Waals surface area contributed by atoms with Crippen LogP contribution in [0.2, 0.25) is 0 Å². The Bertz CT molecular complexity index is 572. The molecule has 0 unspecified atom stereocenters. The molecular weight excluding hydrogens is 284 g/mol. The molecular formula is C12H18N2O5S. The topological polar surface area (TPSA) is 110 Å². The van der Waals surface area contributed by atoms with Crippen LogP contribution in [-0.2, 0) is 20.6 Å². The van der Waals surface area contributed by atoms with Gasteiger partial charge in [0.15, 0.2) is 0 Å². The third-order valence-electron chi connectivity index (χ3n) is 3.44. The molecule has 0 bridgehead atoms. The fourth-order valence-electron chi connectivity index (χ4n) is 2.43. The largest absolute Gasteiger partial charge is 0.481 e. The van der Waals surface area contributed by atoms with Gasteiger partial charge in [-0.1, -0.05) is 5.16 Å². The zero-order valence-corrected chi connectivity index (χ0v) is 12.0. The van der Waals surface area contributed by atoms with Crippen molar-refractivity contribution in [2.75, 3.05) is 0 Å². The van der Waals surface area contributed by atoms with Gasteiger partial charge in [-0.05, 0) is 32.6 Å². The maximum atomic E-state index is 12.0. The van der Waals surface area contributed by atoms with Crippen molar-refractivity contribution < 1.29 is 22.8 Å². The van der Waals surface area contributed by atoms with E-state index < -0.39 is 16.0 Å². The Balaban J connectivity index is 1.88. The van der Waals surface area contributed by atoms with Crippen molar-refractivity contribution in [3.63, 3.8) is 0 Å². The van der Waals surface area contributed by atoms with Gasteiger partial charge in [0.1, 0.15) is 17.2 Å². The van der Waals surface area contributed by atoms with Crippen molar-refractivity contribution in [2.24, 2.45) is 5.92 Å². The Morgan fingerprint density at radius 3 is 2.60 bits per heavy atom. The average molecular weight is 302 g/mol. The van der Waals surface area contributed by atoms with Crippen molar-refractivity contribution in [1.82, 2.24) is 9.88 Å². The maximum absolute atomic E-state index is 12.0. The third kappa shape index (κ3) is 4.04. The van der Waals surface area contributed by atoms with Gasteiger partial charge in [-0.3, -0.25) is 4.79 Å². The molecule has 2 N–H and O–H groups in total. The van der Waals surface area contributed by atoms with Crippen LogP contribution in [0.5, 0.6) is 0 Å². The highest BCUT2D eigenvalue weighted by atomic mass is 32.2. The number of aromatic nitrogens is 1. The lowest BCUT2D eigenvalue weighted by Crippen LogP contribution is -2.39. The van der Waals surface area contributed by atoms with E-state index in [1.165, 1.54) is 0 Å². The van der Waals surface area contributed by atoms with Gasteiger partial charge in [-0.25, -0.2) is 13.1 Å². The summed E-state index contributed by atoms with van der Waals surface area (Å²) >= 11 is 0. The first-order chi connectivity index (χ1) is 9.35. The molecule has 7 nitrogen and oxygen atoms in total. The molecule has 1 aliphatic carbocycles. The number of aryl methyl sites for hydroxylation is 1. The number of nitrogens with zero attached hydrogens (tertiary/aromatic N) is 1. The smallest absolute Gasteiger partial charge is 0.306 e. The number of aliphatic carboxylic acids is 1. The Kier molecular flexibility index (Phi) is 4.44. The van der Waals surface area contributed by atoms with Crippen LogP contribution >= 0.6 is 0 Å². The SMILES string of the molecule is Cc1cc(CS(=O)(=O)NC2CCC(C(=O)O)CC2)no1. The predicted molar refractivity (Wildman–Crippen MR) is 70.4 cm³/mol. The lowest BCUT2D eigenvalue weighted by Gasteiger charge is -2.26. The standard InChI is InChI=1S/C12H18N2O5S/c1-8-6-11(13-19-8)7-20(17,18)14-10-4-2-9(3-5-10)12(15)16/h6,9-10,14H,2-5,7H2,1H3,(H,15,16). The summed E-state index contributed by atoms with van der Waals surface area (Å²) in [4.78, 5) is 10.8. The highest BCUT2D eigenvalue weighted by Crippen LogP contribution is 2.25. The van der Waals surface area contributed by atoms with E-state index in [2.05, 4.69) is 9.88 Å². The number of nitrogens with one attached hydrogen (secondary N) is 1. The van der Waals surface area contributed by atoms with E-state index in [-0.39, 0.29) is 17.7 Å². The summed E-state index contributed by atoms with van der Waals surface area (Å²) in [5.41, 5.74) is 0.370. The summed E-state index contributed by atoms with van der Waals surface area (Å²) in [6, 6.07) is 1.39. The minimum atomic E-state index is -3.48. The van der Waals surface area contributed by atoms with Crippen LogP contribution in [0, 0.1) is 12.8 Å². The van der Waals surface area contributed by atoms with Crippen molar-refractivity contribution in [2.45, 2.75) is 44.4 Å². The molecule has 1 aliphatic rings. The van der Waals surface area contributed by atoms with E-state index in [0.29, 0.717) is 37.1 Å². The number of sulfonamides is 1. The number of rotatable bonds is 5. The van der Waals surface area contributed by atoms with E-state index >= 15 is 0 Å². The molecule has 1 aromatic heterocycles. The molecule has 112 valence electrons. The second-order valence-electron chi connectivity index (χ2n) is 5.19. The second kappa shape index (κ2) is 5.92. The molecule has 20 heavy (non-hydrogen) atoms. The first-order valence-electron chi connectivity index (χ1n) is 6.51. The van der Waals surface area contributed by atoms with Crippen LogP contribution in [-0.4, -0.2) is 30.7 Å². The van der Waals surface area contributed by atoms with Crippen molar-refractivity contribution in [3.8, 4) is 0 Å². The minimum absolute atomic E-state index is 0.191. The zero-order chi connectivity index (χ0) is 14.8. The summed E-state index contributed by atoms with van der Waals surface area (Å²) in [7, 11) is -3.48. The summed E-state index contributed by atoms with van der Waals surface area (Å²) < 4.78 is 31.4. The van der Waals surface area contributed by atoms with Crippen LogP contribution in [0.1, 0.15) is 37.1 Å². The number of carboxylic acids is 1. The number of carboxylic acid groups (broad SMARTS) is 1. The van der Waals surface area contributed by atoms with Gasteiger partial charge in [0, 0.05) is 12.1 Å². The van der Waals surface area contributed by atoms with E-state index in [4.69, 9.17) is 9.63 Å². The third-order valence-corrected chi connectivity index (χ3v) is 4.81. The van der Waals surface area contributed by atoms with Crippen molar-refractivity contribution >= 4 is 16.0 Å². The molecule has 0 radical (unpaired) electrons. The molecule has 0 amide bonds. The van der Waals surface area contributed by atoms with Gasteiger partial charge in [0.05, 0.1) is 5.92 Å². The Labute approximate surface area is 117 Å². The Morgan fingerprint density at radius 1 is 1.45 bits per heavy atom. The molecule has 1 saturated carbocycles. The van der Waals surface area contributed by atoms with Crippen LogP contribution in [0.3, 0.4) is 0 Å². The lowest BCUT2D eigenvalue weighted by atomic mass is 9.87. The van der Waals surface area contributed by atoms with E-state index in [9.17, 15) is 13.2 Å². The van der Waals surface area contributed by atoms with Crippen LogP contribution in [0.25, 0.3) is 0 Å². The number of hydrogen-bond acceptors (Lipinski definition) is 5. The van der Waals surface area contributed by atoms with Gasteiger partial charge in [0.25, 0.3) is 0 Å². The Hall–Kier alpha value is -1.41. The second-order valence-corrected chi connectivity index (χ2v) is 6.95.